The van der Waals surface area contributed by atoms with E-state index in [9.17, 15) is 0 Å². The molecular formula is C14H11NS. The van der Waals surface area contributed by atoms with Crippen LogP contribution in [0.5, 0.6) is 0 Å². The predicted octanol–water partition coefficient (Wildman–Crippen LogP) is 4.15. The number of hydrogen-bond acceptors (Lipinski definition) is 2. The topological polar surface area (TPSA) is 26.0 Å². The molecule has 0 aliphatic rings. The monoisotopic (exact) mass is 225 g/mol. The van der Waals surface area contributed by atoms with Gasteiger partial charge in [-0.25, -0.2) is 0 Å². The van der Waals surface area contributed by atoms with Gasteiger partial charge in [-0.3, -0.25) is 0 Å². The lowest BCUT2D eigenvalue weighted by Crippen LogP contribution is -1.88. The Kier molecular flexibility index (Phi) is 2.15. The third kappa shape index (κ3) is 1.39. The van der Waals surface area contributed by atoms with Gasteiger partial charge >= 0.3 is 0 Å². The smallest absolute Gasteiger partial charge is 0.0421 e. The van der Waals surface area contributed by atoms with Crippen LogP contribution in [-0.4, -0.2) is 0 Å². The molecule has 0 atom stereocenters. The van der Waals surface area contributed by atoms with Crippen LogP contribution < -0.4 is 5.73 Å². The molecule has 2 N–H and O–H groups in total. The van der Waals surface area contributed by atoms with Crippen molar-refractivity contribution in [2.75, 3.05) is 5.73 Å². The van der Waals surface area contributed by atoms with E-state index in [0.29, 0.717) is 0 Å². The van der Waals surface area contributed by atoms with Crippen molar-refractivity contribution in [1.29, 1.82) is 0 Å². The zero-order valence-electron chi connectivity index (χ0n) is 8.68. The molecule has 3 aromatic rings. The molecule has 1 nitrogen and oxygen atoms in total. The van der Waals surface area contributed by atoms with Gasteiger partial charge in [0.2, 0.25) is 0 Å². The van der Waals surface area contributed by atoms with Crippen molar-refractivity contribution < 1.29 is 0 Å². The first-order valence-electron chi connectivity index (χ1n) is 5.17. The van der Waals surface area contributed by atoms with E-state index in [2.05, 4.69) is 35.7 Å². The number of nitrogen functional groups attached to an aromatic ring is 1. The molecule has 0 spiro atoms. The minimum atomic E-state index is 0.836. The maximum absolute atomic E-state index is 6.02. The molecule has 1 heterocycles. The molecule has 2 aromatic carbocycles. The van der Waals surface area contributed by atoms with Gasteiger partial charge in [0.1, 0.15) is 0 Å². The molecule has 3 rings (SSSR count). The third-order valence-corrected chi connectivity index (χ3v) is 3.69. The lowest BCUT2D eigenvalue weighted by atomic mass is 10.0. The summed E-state index contributed by atoms with van der Waals surface area (Å²) in [4.78, 5) is 0. The van der Waals surface area contributed by atoms with E-state index in [0.717, 1.165) is 11.3 Å². The average molecular weight is 225 g/mol. The molecule has 0 radical (unpaired) electrons. The maximum atomic E-state index is 6.02. The van der Waals surface area contributed by atoms with Crippen molar-refractivity contribution in [1.82, 2.24) is 0 Å². The maximum Gasteiger partial charge on any atom is 0.0421 e. The number of hydrogen-bond donors (Lipinski definition) is 1. The fraction of sp³-hybridized carbons (Fsp3) is 0. The molecule has 1 aromatic heterocycles. The number of para-hydroxylation sites is 1. The van der Waals surface area contributed by atoms with Crippen molar-refractivity contribution in [3.8, 4) is 11.1 Å². The van der Waals surface area contributed by atoms with Crippen LogP contribution >= 0.6 is 11.3 Å². The summed E-state index contributed by atoms with van der Waals surface area (Å²) in [5.74, 6) is 0. The second-order valence-corrected chi connectivity index (χ2v) is 4.65. The van der Waals surface area contributed by atoms with Crippen molar-refractivity contribution in [3.63, 3.8) is 0 Å². The molecule has 16 heavy (non-hydrogen) atoms. The van der Waals surface area contributed by atoms with Crippen LogP contribution in [0.4, 0.5) is 5.69 Å². The van der Waals surface area contributed by atoms with Gasteiger partial charge in [-0.2, -0.15) is 0 Å². The largest absolute Gasteiger partial charge is 0.398 e. The van der Waals surface area contributed by atoms with Crippen LogP contribution in [0.2, 0.25) is 0 Å². The minimum Gasteiger partial charge on any atom is -0.398 e. The van der Waals surface area contributed by atoms with Gasteiger partial charge in [0.05, 0.1) is 0 Å². The highest BCUT2D eigenvalue weighted by atomic mass is 32.1. The Bertz CT molecular complexity index is 640. The van der Waals surface area contributed by atoms with Gasteiger partial charge < -0.3 is 5.73 Å². The van der Waals surface area contributed by atoms with Crippen LogP contribution in [0, 0.1) is 0 Å². The Morgan fingerprint density at radius 1 is 0.812 bits per heavy atom. The van der Waals surface area contributed by atoms with Gasteiger partial charge in [-0.1, -0.05) is 36.4 Å². The fourth-order valence-corrected chi connectivity index (χ4v) is 2.88. The van der Waals surface area contributed by atoms with E-state index < -0.39 is 0 Å². The molecule has 0 unspecified atom stereocenters. The molecular weight excluding hydrogens is 214 g/mol. The Balaban J connectivity index is 2.34. The predicted molar refractivity (Wildman–Crippen MR) is 71.7 cm³/mol. The van der Waals surface area contributed by atoms with E-state index >= 15 is 0 Å². The van der Waals surface area contributed by atoms with Crippen molar-refractivity contribution in [2.24, 2.45) is 0 Å². The number of rotatable bonds is 1. The highest BCUT2D eigenvalue weighted by Crippen LogP contribution is 2.34. The number of fused-ring (bicyclic) bond motifs is 1. The standard InChI is InChI=1S/C14H11NS/c15-13-7-2-1-5-11(13)12-6-3-4-10-8-9-16-14(10)12/h1-9H,15H2. The number of anilines is 1. The summed E-state index contributed by atoms with van der Waals surface area (Å²) in [6.07, 6.45) is 0. The first-order valence-corrected chi connectivity index (χ1v) is 6.05. The van der Waals surface area contributed by atoms with Gasteiger partial charge in [-0.05, 0) is 22.9 Å². The Hall–Kier alpha value is -1.80. The summed E-state index contributed by atoms with van der Waals surface area (Å²) in [6, 6.07) is 16.5. The molecule has 0 saturated carbocycles. The summed E-state index contributed by atoms with van der Waals surface area (Å²) in [6.45, 7) is 0. The van der Waals surface area contributed by atoms with Gasteiger partial charge in [0.25, 0.3) is 0 Å². The SMILES string of the molecule is Nc1ccccc1-c1cccc2ccsc12. The summed E-state index contributed by atoms with van der Waals surface area (Å²) in [7, 11) is 0. The average Bonchev–Trinajstić information content (AvgIpc) is 2.77. The van der Waals surface area contributed by atoms with Crippen molar-refractivity contribution in [2.45, 2.75) is 0 Å². The van der Waals surface area contributed by atoms with Crippen LogP contribution in [-0.2, 0) is 0 Å². The molecule has 0 amide bonds. The molecule has 0 saturated heterocycles. The number of benzene rings is 2. The normalized spacial score (nSPS) is 10.8. The van der Waals surface area contributed by atoms with Crippen molar-refractivity contribution in [3.05, 3.63) is 53.9 Å². The second-order valence-electron chi connectivity index (χ2n) is 3.73. The summed E-state index contributed by atoms with van der Waals surface area (Å²) < 4.78 is 1.31. The highest BCUT2D eigenvalue weighted by molar-refractivity contribution is 7.17. The van der Waals surface area contributed by atoms with E-state index in [1.807, 2.05) is 18.2 Å². The molecule has 0 aliphatic heterocycles. The highest BCUT2D eigenvalue weighted by Gasteiger charge is 2.06. The zero-order chi connectivity index (χ0) is 11.0. The van der Waals surface area contributed by atoms with Crippen LogP contribution in [0.15, 0.2) is 53.9 Å². The number of nitrogens with two attached hydrogens (primary N) is 1. The van der Waals surface area contributed by atoms with Gasteiger partial charge in [0, 0.05) is 21.5 Å². The first-order chi connectivity index (χ1) is 7.86. The Morgan fingerprint density at radius 2 is 1.62 bits per heavy atom. The molecule has 0 fully saturated rings. The Morgan fingerprint density at radius 3 is 2.50 bits per heavy atom. The Labute approximate surface area is 98.2 Å². The molecule has 0 bridgehead atoms. The van der Waals surface area contributed by atoms with E-state index in [1.54, 1.807) is 11.3 Å². The quantitative estimate of drug-likeness (QED) is 0.618. The molecule has 78 valence electrons. The summed E-state index contributed by atoms with van der Waals surface area (Å²) in [5.41, 5.74) is 9.20. The van der Waals surface area contributed by atoms with Gasteiger partial charge in [-0.15, -0.1) is 11.3 Å². The van der Waals surface area contributed by atoms with Crippen LogP contribution in [0.3, 0.4) is 0 Å². The summed E-state index contributed by atoms with van der Waals surface area (Å²) >= 11 is 1.76. The second kappa shape index (κ2) is 3.65. The van der Waals surface area contributed by atoms with Crippen LogP contribution in [0.25, 0.3) is 21.2 Å². The lowest BCUT2D eigenvalue weighted by Gasteiger charge is -2.06. The van der Waals surface area contributed by atoms with E-state index in [-0.39, 0.29) is 0 Å². The molecule has 0 aliphatic carbocycles. The summed E-state index contributed by atoms with van der Waals surface area (Å²) in [5, 5.41) is 3.40. The lowest BCUT2D eigenvalue weighted by molar-refractivity contribution is 1.65. The number of thiophene rings is 1. The first kappa shape index (κ1) is 9.43. The van der Waals surface area contributed by atoms with E-state index in [4.69, 9.17) is 5.73 Å². The van der Waals surface area contributed by atoms with Crippen molar-refractivity contribution >= 4 is 27.1 Å². The van der Waals surface area contributed by atoms with Gasteiger partial charge in [0.15, 0.2) is 0 Å². The zero-order valence-corrected chi connectivity index (χ0v) is 9.50. The van der Waals surface area contributed by atoms with E-state index in [1.165, 1.54) is 15.6 Å². The third-order valence-electron chi connectivity index (χ3n) is 2.73. The molecule has 2 heteroatoms. The van der Waals surface area contributed by atoms with Crippen LogP contribution in [0.1, 0.15) is 0 Å². The minimum absolute atomic E-state index is 0.836. The fourth-order valence-electron chi connectivity index (χ4n) is 1.95.